The Morgan fingerprint density at radius 2 is 2.00 bits per heavy atom. The molecule has 1 fully saturated rings. The monoisotopic (exact) mass is 416 g/mol. The molecule has 30 heavy (non-hydrogen) atoms. The normalized spacial score (nSPS) is 21.5. The van der Waals surface area contributed by atoms with Crippen LogP contribution in [-0.2, 0) is 16.1 Å². The van der Waals surface area contributed by atoms with Crippen LogP contribution < -0.4 is 0 Å². The summed E-state index contributed by atoms with van der Waals surface area (Å²) < 4.78 is 5.15. The van der Waals surface area contributed by atoms with Crippen LogP contribution >= 0.6 is 0 Å². The Morgan fingerprint density at radius 3 is 2.60 bits per heavy atom. The Morgan fingerprint density at radius 1 is 1.27 bits per heavy atom. The van der Waals surface area contributed by atoms with Crippen LogP contribution in [0.2, 0.25) is 0 Å². The number of carbonyl (C=O) groups is 1. The number of likely N-dealkylation sites (tertiary alicyclic amines) is 1. The van der Waals surface area contributed by atoms with Crippen molar-refractivity contribution in [2.75, 3.05) is 33.4 Å². The van der Waals surface area contributed by atoms with Crippen molar-refractivity contribution in [1.82, 2.24) is 9.88 Å². The highest BCUT2D eigenvalue weighted by Crippen LogP contribution is 2.35. The van der Waals surface area contributed by atoms with Gasteiger partial charge in [0, 0.05) is 50.5 Å². The highest BCUT2D eigenvalue weighted by molar-refractivity contribution is 5.58. The number of benzene rings is 1. The van der Waals surface area contributed by atoms with Gasteiger partial charge in [-0.1, -0.05) is 30.3 Å². The first-order valence-corrected chi connectivity index (χ1v) is 10.2. The molecular formula is C23H32N2O5. The standard InChI is InChI=1S/C22H30N2O3.CH2O2/c1-27-14-4-11-22(17-25)16-24(13-10-21(22)26)15-18-6-8-19(9-7-18)20-5-2-3-12-23-20;2-1-3/h2-3,5-9,12,21,25-26H,4,10-11,13-17H2,1H3;1H,(H,2,3)/t21-,22+;/m1./s1. The summed E-state index contributed by atoms with van der Waals surface area (Å²) in [7, 11) is 1.68. The molecule has 1 aliphatic heterocycles. The summed E-state index contributed by atoms with van der Waals surface area (Å²) in [5.74, 6) is 0. The summed E-state index contributed by atoms with van der Waals surface area (Å²) >= 11 is 0. The van der Waals surface area contributed by atoms with E-state index in [-0.39, 0.29) is 13.1 Å². The Balaban J connectivity index is 0.00000101. The van der Waals surface area contributed by atoms with Crippen LogP contribution in [0, 0.1) is 5.41 Å². The number of aliphatic hydroxyl groups is 2. The molecule has 1 aliphatic rings. The van der Waals surface area contributed by atoms with Crippen molar-refractivity contribution in [3.63, 3.8) is 0 Å². The Hall–Kier alpha value is -2.32. The van der Waals surface area contributed by atoms with E-state index in [0.717, 1.165) is 37.2 Å². The van der Waals surface area contributed by atoms with E-state index >= 15 is 0 Å². The molecule has 2 atom stereocenters. The van der Waals surface area contributed by atoms with Crippen LogP contribution in [-0.4, -0.2) is 71.2 Å². The average molecular weight is 417 g/mol. The minimum atomic E-state index is -0.456. The third-order valence-corrected chi connectivity index (χ3v) is 5.62. The third kappa shape index (κ3) is 6.60. The molecule has 7 heteroatoms. The summed E-state index contributed by atoms with van der Waals surface area (Å²) in [5, 5.41) is 27.4. The van der Waals surface area contributed by atoms with Gasteiger partial charge in [0.15, 0.2) is 0 Å². The Kier molecular flexibility index (Phi) is 9.89. The molecule has 3 rings (SSSR count). The first-order chi connectivity index (χ1) is 14.6. The van der Waals surface area contributed by atoms with Crippen molar-refractivity contribution < 1.29 is 24.9 Å². The average Bonchev–Trinajstić information content (AvgIpc) is 2.78. The second kappa shape index (κ2) is 12.4. The second-order valence-electron chi connectivity index (χ2n) is 7.65. The molecule has 0 spiro atoms. The van der Waals surface area contributed by atoms with Crippen molar-refractivity contribution in [2.24, 2.45) is 5.41 Å². The number of carboxylic acid groups (broad SMARTS) is 1. The highest BCUT2D eigenvalue weighted by atomic mass is 16.5. The number of nitrogens with zero attached hydrogens (tertiary/aromatic N) is 2. The lowest BCUT2D eigenvalue weighted by atomic mass is 9.74. The van der Waals surface area contributed by atoms with E-state index in [1.165, 1.54) is 5.56 Å². The van der Waals surface area contributed by atoms with E-state index < -0.39 is 11.5 Å². The van der Waals surface area contributed by atoms with Crippen LogP contribution in [0.1, 0.15) is 24.8 Å². The lowest BCUT2D eigenvalue weighted by Gasteiger charge is -2.45. The van der Waals surface area contributed by atoms with E-state index in [9.17, 15) is 10.2 Å². The molecule has 0 amide bonds. The minimum Gasteiger partial charge on any atom is -0.483 e. The molecule has 1 aromatic heterocycles. The number of hydrogen-bond acceptors (Lipinski definition) is 6. The number of aromatic nitrogens is 1. The molecule has 1 aromatic carbocycles. The SMILES string of the molecule is COCCC[C@@]1(CO)CN(Cc2ccc(-c3ccccn3)cc2)CC[C@H]1O.O=CO. The summed E-state index contributed by atoms with van der Waals surface area (Å²) in [5.41, 5.74) is 2.86. The van der Waals surface area contributed by atoms with E-state index in [2.05, 4.69) is 34.1 Å². The van der Waals surface area contributed by atoms with Crippen molar-refractivity contribution in [1.29, 1.82) is 0 Å². The van der Waals surface area contributed by atoms with Crippen molar-refractivity contribution in [2.45, 2.75) is 31.9 Å². The highest BCUT2D eigenvalue weighted by Gasteiger charge is 2.41. The fraction of sp³-hybridized carbons (Fsp3) is 0.478. The van der Waals surface area contributed by atoms with E-state index in [1.54, 1.807) is 13.3 Å². The maximum absolute atomic E-state index is 10.5. The van der Waals surface area contributed by atoms with Crippen LogP contribution in [0.5, 0.6) is 0 Å². The Bertz CT molecular complexity index is 741. The minimum absolute atomic E-state index is 0.00694. The zero-order valence-electron chi connectivity index (χ0n) is 17.5. The van der Waals surface area contributed by atoms with Crippen LogP contribution in [0.4, 0.5) is 0 Å². The van der Waals surface area contributed by atoms with Gasteiger partial charge in [-0.3, -0.25) is 14.7 Å². The van der Waals surface area contributed by atoms with Gasteiger partial charge in [0.2, 0.25) is 0 Å². The van der Waals surface area contributed by atoms with Gasteiger partial charge in [-0.05, 0) is 37.0 Å². The molecular weight excluding hydrogens is 384 g/mol. The zero-order chi connectivity index (χ0) is 21.8. The molecule has 2 aromatic rings. The van der Waals surface area contributed by atoms with Gasteiger partial charge in [-0.15, -0.1) is 0 Å². The van der Waals surface area contributed by atoms with Crippen LogP contribution in [0.15, 0.2) is 48.7 Å². The quantitative estimate of drug-likeness (QED) is 0.448. The van der Waals surface area contributed by atoms with Gasteiger partial charge in [-0.25, -0.2) is 0 Å². The summed E-state index contributed by atoms with van der Waals surface area (Å²) in [6.45, 7) is 2.78. The molecule has 0 radical (unpaired) electrons. The molecule has 0 unspecified atom stereocenters. The molecule has 164 valence electrons. The van der Waals surface area contributed by atoms with Crippen molar-refractivity contribution in [3.8, 4) is 11.3 Å². The number of ether oxygens (including phenoxy) is 1. The van der Waals surface area contributed by atoms with Gasteiger partial charge >= 0.3 is 0 Å². The molecule has 2 heterocycles. The van der Waals surface area contributed by atoms with E-state index in [1.807, 2.05) is 18.2 Å². The Labute approximate surface area is 178 Å². The number of rotatable bonds is 8. The number of methoxy groups -OCH3 is 1. The summed E-state index contributed by atoms with van der Waals surface area (Å²) in [6.07, 6.45) is 3.66. The molecule has 3 N–H and O–H groups in total. The molecule has 0 saturated carbocycles. The summed E-state index contributed by atoms with van der Waals surface area (Å²) in [6, 6.07) is 14.4. The summed E-state index contributed by atoms with van der Waals surface area (Å²) in [4.78, 5) is 15.1. The first-order valence-electron chi connectivity index (χ1n) is 10.2. The maximum atomic E-state index is 10.5. The van der Waals surface area contributed by atoms with Gasteiger partial charge in [0.25, 0.3) is 6.47 Å². The lowest BCUT2D eigenvalue weighted by Crippen LogP contribution is -2.53. The van der Waals surface area contributed by atoms with Gasteiger partial charge in [-0.2, -0.15) is 0 Å². The fourth-order valence-electron chi connectivity index (χ4n) is 4.00. The van der Waals surface area contributed by atoms with Gasteiger partial charge in [0.05, 0.1) is 18.4 Å². The van der Waals surface area contributed by atoms with Crippen LogP contribution in [0.25, 0.3) is 11.3 Å². The lowest BCUT2D eigenvalue weighted by molar-refractivity contribution is -0.122. The smallest absolute Gasteiger partial charge is 0.290 e. The van der Waals surface area contributed by atoms with E-state index in [0.29, 0.717) is 19.6 Å². The first kappa shape index (κ1) is 24.0. The van der Waals surface area contributed by atoms with Gasteiger partial charge < -0.3 is 20.1 Å². The van der Waals surface area contributed by atoms with Gasteiger partial charge in [0.1, 0.15) is 0 Å². The molecule has 1 saturated heterocycles. The molecule has 0 aliphatic carbocycles. The molecule has 7 nitrogen and oxygen atoms in total. The number of hydrogen-bond donors (Lipinski definition) is 3. The zero-order valence-corrected chi connectivity index (χ0v) is 17.5. The van der Waals surface area contributed by atoms with Crippen molar-refractivity contribution in [3.05, 3.63) is 54.2 Å². The van der Waals surface area contributed by atoms with Crippen LogP contribution in [0.3, 0.4) is 0 Å². The fourth-order valence-corrected chi connectivity index (χ4v) is 4.00. The largest absolute Gasteiger partial charge is 0.483 e. The van der Waals surface area contributed by atoms with Crippen molar-refractivity contribution >= 4 is 6.47 Å². The second-order valence-corrected chi connectivity index (χ2v) is 7.65. The topological polar surface area (TPSA) is 103 Å². The number of piperidine rings is 1. The number of aliphatic hydroxyl groups excluding tert-OH is 2. The molecule has 0 bridgehead atoms. The third-order valence-electron chi connectivity index (χ3n) is 5.62. The van der Waals surface area contributed by atoms with E-state index in [4.69, 9.17) is 14.6 Å². The maximum Gasteiger partial charge on any atom is 0.290 e. The number of pyridine rings is 1. The predicted octanol–water partition coefficient (Wildman–Crippen LogP) is 2.42. The predicted molar refractivity (Wildman–Crippen MR) is 115 cm³/mol.